The topological polar surface area (TPSA) is 56.0 Å². The Bertz CT molecular complexity index is 672. The molecule has 0 aliphatic rings. The molecule has 2 aromatic rings. The quantitative estimate of drug-likeness (QED) is 0.615. The Morgan fingerprint density at radius 2 is 1.86 bits per heavy atom. The van der Waals surface area contributed by atoms with Crippen LogP contribution in [0.15, 0.2) is 42.6 Å². The smallest absolute Gasteiger partial charge is 0.261 e. The minimum absolute atomic E-state index is 0.0273. The lowest BCUT2D eigenvalue weighted by Crippen LogP contribution is -2.06. The number of nitro benzene ring substituents is 1. The average Bonchev–Trinajstić information content (AvgIpc) is 2.47. The molecule has 0 N–H and O–H groups in total. The Morgan fingerprint density at radius 1 is 1.14 bits per heavy atom. The van der Waals surface area contributed by atoms with E-state index in [1.165, 1.54) is 6.07 Å². The van der Waals surface area contributed by atoms with Gasteiger partial charge in [-0.1, -0.05) is 18.2 Å². The van der Waals surface area contributed by atoms with Crippen molar-refractivity contribution in [2.45, 2.75) is 25.4 Å². The van der Waals surface area contributed by atoms with Gasteiger partial charge < -0.3 is 0 Å². The fourth-order valence-electron chi connectivity index (χ4n) is 2.15. The molecule has 0 bridgehead atoms. The van der Waals surface area contributed by atoms with Gasteiger partial charge in [0.15, 0.2) is 0 Å². The monoisotopic (exact) mass is 310 g/mol. The standard InChI is InChI=1S/C15H13F3N2O2/c16-15(17,18)12-8-9-19-13(10-12)6-3-5-11-4-1-2-7-14(11)20(21)22/h1-2,4,7-10H,3,5-6H2. The number of rotatable bonds is 5. The summed E-state index contributed by atoms with van der Waals surface area (Å²) in [5.41, 5.74) is 0.190. The van der Waals surface area contributed by atoms with Crippen LogP contribution in [0.4, 0.5) is 18.9 Å². The number of aromatic nitrogens is 1. The van der Waals surface area contributed by atoms with Gasteiger partial charge in [0.1, 0.15) is 0 Å². The van der Waals surface area contributed by atoms with Crippen LogP contribution < -0.4 is 0 Å². The highest BCUT2D eigenvalue weighted by Gasteiger charge is 2.30. The second kappa shape index (κ2) is 6.55. The lowest BCUT2D eigenvalue weighted by Gasteiger charge is -2.08. The molecule has 0 saturated carbocycles. The highest BCUT2D eigenvalue weighted by atomic mass is 19.4. The number of halogens is 3. The first-order valence-corrected chi connectivity index (χ1v) is 6.62. The van der Waals surface area contributed by atoms with E-state index in [9.17, 15) is 23.3 Å². The van der Waals surface area contributed by atoms with E-state index in [0.29, 0.717) is 30.5 Å². The Balaban J connectivity index is 2.02. The summed E-state index contributed by atoms with van der Waals surface area (Å²) in [4.78, 5) is 14.3. The molecule has 0 fully saturated rings. The number of alkyl halides is 3. The first kappa shape index (κ1) is 15.9. The molecule has 116 valence electrons. The average molecular weight is 310 g/mol. The lowest BCUT2D eigenvalue weighted by molar-refractivity contribution is -0.385. The molecular formula is C15H13F3N2O2. The minimum Gasteiger partial charge on any atom is -0.261 e. The molecule has 0 radical (unpaired) electrons. The maximum Gasteiger partial charge on any atom is 0.416 e. The predicted octanol–water partition coefficient (Wildman–Crippen LogP) is 4.18. The molecule has 0 amide bonds. The van der Waals surface area contributed by atoms with E-state index in [1.807, 2.05) is 0 Å². The summed E-state index contributed by atoms with van der Waals surface area (Å²) < 4.78 is 37.8. The largest absolute Gasteiger partial charge is 0.416 e. The first-order valence-electron chi connectivity index (χ1n) is 6.62. The number of benzene rings is 1. The normalized spacial score (nSPS) is 11.4. The Labute approximate surface area is 124 Å². The highest BCUT2D eigenvalue weighted by molar-refractivity contribution is 5.39. The molecule has 0 unspecified atom stereocenters. The van der Waals surface area contributed by atoms with E-state index < -0.39 is 16.7 Å². The van der Waals surface area contributed by atoms with Gasteiger partial charge in [-0.05, 0) is 31.4 Å². The molecule has 22 heavy (non-hydrogen) atoms. The maximum atomic E-state index is 12.6. The molecule has 7 heteroatoms. The van der Waals surface area contributed by atoms with Crippen LogP contribution in [0.3, 0.4) is 0 Å². The molecule has 2 rings (SSSR count). The van der Waals surface area contributed by atoms with Crippen LogP contribution in [0.25, 0.3) is 0 Å². The van der Waals surface area contributed by atoms with Crippen molar-refractivity contribution < 1.29 is 18.1 Å². The van der Waals surface area contributed by atoms with E-state index in [1.54, 1.807) is 18.2 Å². The number of pyridine rings is 1. The number of nitro groups is 1. The van der Waals surface area contributed by atoms with Crippen molar-refractivity contribution in [2.75, 3.05) is 0 Å². The van der Waals surface area contributed by atoms with Gasteiger partial charge in [0.25, 0.3) is 5.69 Å². The minimum atomic E-state index is -4.39. The van der Waals surface area contributed by atoms with Crippen molar-refractivity contribution in [3.63, 3.8) is 0 Å². The van der Waals surface area contributed by atoms with Crippen molar-refractivity contribution in [3.8, 4) is 0 Å². The van der Waals surface area contributed by atoms with Gasteiger partial charge in [0.05, 0.1) is 10.5 Å². The third-order valence-corrected chi connectivity index (χ3v) is 3.21. The number of hydrogen-bond acceptors (Lipinski definition) is 3. The lowest BCUT2D eigenvalue weighted by atomic mass is 10.0. The highest BCUT2D eigenvalue weighted by Crippen LogP contribution is 2.29. The van der Waals surface area contributed by atoms with Gasteiger partial charge in [-0.2, -0.15) is 13.2 Å². The van der Waals surface area contributed by atoms with Gasteiger partial charge in [-0.15, -0.1) is 0 Å². The number of nitrogens with zero attached hydrogens (tertiary/aromatic N) is 2. The summed E-state index contributed by atoms with van der Waals surface area (Å²) in [5.74, 6) is 0. The first-order chi connectivity index (χ1) is 10.4. The number of hydrogen-bond donors (Lipinski definition) is 0. The molecule has 1 aromatic heterocycles. The molecule has 0 aliphatic carbocycles. The Morgan fingerprint density at radius 3 is 2.55 bits per heavy atom. The molecule has 1 heterocycles. The van der Waals surface area contributed by atoms with Gasteiger partial charge in [-0.25, -0.2) is 0 Å². The van der Waals surface area contributed by atoms with Crippen molar-refractivity contribution in [1.82, 2.24) is 4.98 Å². The van der Waals surface area contributed by atoms with Crippen molar-refractivity contribution in [3.05, 3.63) is 69.5 Å². The summed E-state index contributed by atoms with van der Waals surface area (Å²) in [5, 5.41) is 10.9. The van der Waals surface area contributed by atoms with Crippen LogP contribution in [-0.2, 0) is 19.0 Å². The molecule has 0 atom stereocenters. The van der Waals surface area contributed by atoms with Crippen LogP contribution >= 0.6 is 0 Å². The maximum absolute atomic E-state index is 12.6. The van der Waals surface area contributed by atoms with Gasteiger partial charge in [0, 0.05) is 23.5 Å². The predicted molar refractivity (Wildman–Crippen MR) is 74.4 cm³/mol. The fourth-order valence-corrected chi connectivity index (χ4v) is 2.15. The molecule has 4 nitrogen and oxygen atoms in total. The van der Waals surface area contributed by atoms with Crippen molar-refractivity contribution in [2.24, 2.45) is 0 Å². The molecule has 0 aliphatic heterocycles. The SMILES string of the molecule is O=[N+]([O-])c1ccccc1CCCc1cc(C(F)(F)F)ccn1. The summed E-state index contributed by atoms with van der Waals surface area (Å²) in [6.45, 7) is 0. The van der Waals surface area contributed by atoms with Crippen LogP contribution in [0.1, 0.15) is 23.2 Å². The third-order valence-electron chi connectivity index (χ3n) is 3.21. The molecule has 0 saturated heterocycles. The Kier molecular flexibility index (Phi) is 4.75. The van der Waals surface area contributed by atoms with E-state index >= 15 is 0 Å². The van der Waals surface area contributed by atoms with E-state index in [0.717, 1.165) is 18.3 Å². The van der Waals surface area contributed by atoms with Crippen LogP contribution in [0.5, 0.6) is 0 Å². The summed E-state index contributed by atoms with van der Waals surface area (Å²) in [6.07, 6.45) is -2.04. The van der Waals surface area contributed by atoms with E-state index in [4.69, 9.17) is 0 Å². The molecule has 0 spiro atoms. The van der Waals surface area contributed by atoms with Gasteiger partial charge >= 0.3 is 6.18 Å². The van der Waals surface area contributed by atoms with Crippen molar-refractivity contribution >= 4 is 5.69 Å². The number of para-hydroxylation sites is 1. The fraction of sp³-hybridized carbons (Fsp3) is 0.267. The molecule has 1 aromatic carbocycles. The third kappa shape index (κ3) is 4.03. The Hall–Kier alpha value is -2.44. The van der Waals surface area contributed by atoms with E-state index in [2.05, 4.69) is 4.98 Å². The second-order valence-electron chi connectivity index (χ2n) is 4.77. The van der Waals surface area contributed by atoms with E-state index in [-0.39, 0.29) is 5.69 Å². The van der Waals surface area contributed by atoms with Gasteiger partial charge in [0.2, 0.25) is 0 Å². The zero-order valence-corrected chi connectivity index (χ0v) is 11.5. The summed E-state index contributed by atoms with van der Waals surface area (Å²) in [6, 6.07) is 8.28. The van der Waals surface area contributed by atoms with Gasteiger partial charge in [-0.3, -0.25) is 15.1 Å². The zero-order chi connectivity index (χ0) is 16.2. The summed E-state index contributed by atoms with van der Waals surface area (Å²) in [7, 11) is 0. The van der Waals surface area contributed by atoms with Crippen LogP contribution in [0.2, 0.25) is 0 Å². The molecular weight excluding hydrogens is 297 g/mol. The van der Waals surface area contributed by atoms with Crippen LogP contribution in [0, 0.1) is 10.1 Å². The second-order valence-corrected chi connectivity index (χ2v) is 4.77. The number of aryl methyl sites for hydroxylation is 2. The summed E-state index contributed by atoms with van der Waals surface area (Å²) >= 11 is 0. The van der Waals surface area contributed by atoms with Crippen LogP contribution in [-0.4, -0.2) is 9.91 Å². The zero-order valence-electron chi connectivity index (χ0n) is 11.5. The van der Waals surface area contributed by atoms with Crippen molar-refractivity contribution in [1.29, 1.82) is 0 Å².